The van der Waals surface area contributed by atoms with Crippen LogP contribution in [0, 0.1) is 0 Å². The predicted octanol–water partition coefficient (Wildman–Crippen LogP) is 4.07. The van der Waals surface area contributed by atoms with E-state index in [1.165, 1.54) is 51.0 Å². The van der Waals surface area contributed by atoms with Crippen molar-refractivity contribution in [2.75, 3.05) is 26.4 Å². The van der Waals surface area contributed by atoms with Gasteiger partial charge in [0, 0.05) is 6.54 Å². The molecule has 168 valence electrons. The van der Waals surface area contributed by atoms with E-state index in [1.54, 1.807) is 13.8 Å². The smallest absolute Gasteiger partial charge is 0.407 e. The maximum Gasteiger partial charge on any atom is 0.407 e. The van der Waals surface area contributed by atoms with Gasteiger partial charge in [-0.25, -0.2) is 4.79 Å². The van der Waals surface area contributed by atoms with Crippen LogP contribution in [0.4, 0.5) is 4.79 Å². The average Bonchev–Trinajstić information content (AvgIpc) is 2.70. The van der Waals surface area contributed by atoms with E-state index < -0.39 is 17.4 Å². The Morgan fingerprint density at radius 2 is 1.55 bits per heavy atom. The molecule has 2 amide bonds. The molecule has 7 heteroatoms. The minimum absolute atomic E-state index is 0.0355. The van der Waals surface area contributed by atoms with Crippen molar-refractivity contribution in [1.82, 2.24) is 10.6 Å². The van der Waals surface area contributed by atoms with Crippen LogP contribution in [0.5, 0.6) is 0 Å². The number of amides is 2. The fourth-order valence-corrected chi connectivity index (χ4v) is 3.09. The van der Waals surface area contributed by atoms with Gasteiger partial charge in [-0.2, -0.15) is 0 Å². The Hall–Kier alpha value is -1.60. The SMILES string of the molecule is C=CC(=O)NC1(COC(=O)NCCCCCCCCCCC)COC(C)(C)OC1. The van der Waals surface area contributed by atoms with Crippen molar-refractivity contribution >= 4 is 12.0 Å². The van der Waals surface area contributed by atoms with E-state index in [1.807, 2.05) is 0 Å². The first-order valence-corrected chi connectivity index (χ1v) is 11.0. The highest BCUT2D eigenvalue weighted by molar-refractivity contribution is 5.87. The molecule has 1 heterocycles. The summed E-state index contributed by atoms with van der Waals surface area (Å²) in [5, 5.41) is 5.54. The Labute approximate surface area is 175 Å². The van der Waals surface area contributed by atoms with Gasteiger partial charge in [0.1, 0.15) is 12.1 Å². The number of nitrogens with one attached hydrogen (secondary N) is 2. The van der Waals surface area contributed by atoms with Crippen molar-refractivity contribution in [1.29, 1.82) is 0 Å². The number of alkyl carbamates (subject to hydrolysis) is 1. The summed E-state index contributed by atoms with van der Waals surface area (Å²) >= 11 is 0. The van der Waals surface area contributed by atoms with E-state index >= 15 is 0 Å². The minimum atomic E-state index is -0.921. The molecule has 1 fully saturated rings. The van der Waals surface area contributed by atoms with Crippen molar-refractivity contribution in [3.8, 4) is 0 Å². The molecule has 0 bridgehead atoms. The third-order valence-corrected chi connectivity index (χ3v) is 5.00. The highest BCUT2D eigenvalue weighted by atomic mass is 16.7. The first kappa shape index (κ1) is 25.4. The third kappa shape index (κ3) is 11.2. The number of carbonyl (C=O) groups excluding carboxylic acids is 2. The second kappa shape index (κ2) is 13.6. The van der Waals surface area contributed by atoms with Crippen molar-refractivity contribution in [2.24, 2.45) is 0 Å². The largest absolute Gasteiger partial charge is 0.447 e. The summed E-state index contributed by atoms with van der Waals surface area (Å²) in [5.74, 6) is -1.10. The monoisotopic (exact) mass is 412 g/mol. The highest BCUT2D eigenvalue weighted by Gasteiger charge is 2.42. The number of carbonyl (C=O) groups is 2. The number of unbranched alkanes of at least 4 members (excludes halogenated alkanes) is 8. The quantitative estimate of drug-likeness (QED) is 0.332. The van der Waals surface area contributed by atoms with Crippen LogP contribution in [-0.2, 0) is 19.0 Å². The van der Waals surface area contributed by atoms with E-state index in [2.05, 4.69) is 24.1 Å². The van der Waals surface area contributed by atoms with Gasteiger partial charge in [-0.3, -0.25) is 4.79 Å². The molecule has 29 heavy (non-hydrogen) atoms. The lowest BCUT2D eigenvalue weighted by atomic mass is 10.0. The zero-order chi connectivity index (χ0) is 21.6. The van der Waals surface area contributed by atoms with Crippen LogP contribution >= 0.6 is 0 Å². The van der Waals surface area contributed by atoms with Crippen molar-refractivity contribution in [3.63, 3.8) is 0 Å². The van der Waals surface area contributed by atoms with Crippen LogP contribution in [0.1, 0.15) is 78.6 Å². The van der Waals surface area contributed by atoms with Gasteiger partial charge in [0.15, 0.2) is 5.79 Å². The number of hydrogen-bond acceptors (Lipinski definition) is 5. The van der Waals surface area contributed by atoms with Crippen LogP contribution < -0.4 is 10.6 Å². The van der Waals surface area contributed by atoms with Crippen LogP contribution in [0.2, 0.25) is 0 Å². The van der Waals surface area contributed by atoms with E-state index in [4.69, 9.17) is 14.2 Å². The van der Waals surface area contributed by atoms with Crippen LogP contribution in [-0.4, -0.2) is 49.7 Å². The molecule has 0 saturated carbocycles. The standard InChI is InChI=1S/C22H40N2O5/c1-5-7-8-9-10-11-12-13-14-15-23-20(26)27-16-22(24-19(25)6-2)17-28-21(3,4)29-18-22/h6H,2,5,7-18H2,1,3-4H3,(H,23,26)(H,24,25). The van der Waals surface area contributed by atoms with Gasteiger partial charge < -0.3 is 24.8 Å². The fraction of sp³-hybridized carbons (Fsp3) is 0.818. The summed E-state index contributed by atoms with van der Waals surface area (Å²) in [5.41, 5.74) is -0.921. The maximum atomic E-state index is 12.0. The Bertz CT molecular complexity index is 497. The normalized spacial score (nSPS) is 17.3. The Balaban J connectivity index is 2.21. The zero-order valence-electron chi connectivity index (χ0n) is 18.5. The lowest BCUT2D eigenvalue weighted by molar-refractivity contribution is -0.274. The van der Waals surface area contributed by atoms with Crippen molar-refractivity contribution in [3.05, 3.63) is 12.7 Å². The predicted molar refractivity (Wildman–Crippen MR) is 114 cm³/mol. The molecule has 0 atom stereocenters. The first-order chi connectivity index (χ1) is 13.8. The van der Waals surface area contributed by atoms with Gasteiger partial charge in [-0.1, -0.05) is 64.9 Å². The summed E-state index contributed by atoms with van der Waals surface area (Å²) in [6.45, 7) is 10.2. The van der Waals surface area contributed by atoms with Crippen molar-refractivity contribution in [2.45, 2.75) is 89.9 Å². The summed E-state index contributed by atoms with van der Waals surface area (Å²) < 4.78 is 16.6. The van der Waals surface area contributed by atoms with E-state index in [9.17, 15) is 9.59 Å². The Morgan fingerprint density at radius 1 is 1.00 bits per heavy atom. The molecule has 1 rings (SSSR count). The number of hydrogen-bond donors (Lipinski definition) is 2. The van der Waals surface area contributed by atoms with Crippen LogP contribution in [0.3, 0.4) is 0 Å². The van der Waals surface area contributed by atoms with Gasteiger partial charge in [0.05, 0.1) is 13.2 Å². The number of rotatable bonds is 14. The summed E-state index contributed by atoms with van der Waals surface area (Å²) in [4.78, 5) is 23.8. The molecule has 0 aromatic rings. The molecule has 7 nitrogen and oxygen atoms in total. The Morgan fingerprint density at radius 3 is 2.10 bits per heavy atom. The zero-order valence-corrected chi connectivity index (χ0v) is 18.5. The third-order valence-electron chi connectivity index (χ3n) is 5.00. The van der Waals surface area contributed by atoms with Gasteiger partial charge >= 0.3 is 6.09 Å². The Kier molecular flexibility index (Phi) is 11.9. The fourth-order valence-electron chi connectivity index (χ4n) is 3.09. The molecule has 0 radical (unpaired) electrons. The van der Waals surface area contributed by atoms with Gasteiger partial charge in [-0.15, -0.1) is 0 Å². The molecule has 1 aliphatic heterocycles. The molecule has 0 aliphatic carbocycles. The molecule has 0 spiro atoms. The molecular formula is C22H40N2O5. The van der Waals surface area contributed by atoms with Crippen LogP contribution in [0.25, 0.3) is 0 Å². The molecule has 0 unspecified atom stereocenters. The maximum absolute atomic E-state index is 12.0. The minimum Gasteiger partial charge on any atom is -0.447 e. The van der Waals surface area contributed by atoms with E-state index in [-0.39, 0.29) is 25.7 Å². The lowest BCUT2D eigenvalue weighted by Crippen LogP contribution is -2.63. The van der Waals surface area contributed by atoms with Crippen LogP contribution in [0.15, 0.2) is 12.7 Å². The number of ether oxygens (including phenoxy) is 3. The molecule has 0 aromatic heterocycles. The summed E-state index contributed by atoms with van der Waals surface area (Å²) in [6, 6.07) is 0. The molecule has 1 aliphatic rings. The van der Waals surface area contributed by atoms with Gasteiger partial charge in [0.25, 0.3) is 0 Å². The highest BCUT2D eigenvalue weighted by Crippen LogP contribution is 2.24. The second-order valence-corrected chi connectivity index (χ2v) is 8.28. The van der Waals surface area contributed by atoms with Gasteiger partial charge in [0.2, 0.25) is 5.91 Å². The second-order valence-electron chi connectivity index (χ2n) is 8.28. The molecular weight excluding hydrogens is 372 g/mol. The van der Waals surface area contributed by atoms with Crippen molar-refractivity contribution < 1.29 is 23.8 Å². The van der Waals surface area contributed by atoms with E-state index in [0.717, 1.165) is 12.8 Å². The van der Waals surface area contributed by atoms with E-state index in [0.29, 0.717) is 6.54 Å². The molecule has 2 N–H and O–H groups in total. The summed E-state index contributed by atoms with van der Waals surface area (Å²) in [7, 11) is 0. The topological polar surface area (TPSA) is 85.9 Å². The summed E-state index contributed by atoms with van der Waals surface area (Å²) in [6.07, 6.45) is 11.7. The average molecular weight is 413 g/mol. The first-order valence-electron chi connectivity index (χ1n) is 11.0. The lowest BCUT2D eigenvalue weighted by Gasteiger charge is -2.43. The van der Waals surface area contributed by atoms with Gasteiger partial charge in [-0.05, 0) is 26.3 Å². The molecule has 0 aromatic carbocycles. The molecule has 1 saturated heterocycles.